The van der Waals surface area contributed by atoms with Gasteiger partial charge < -0.3 is 14.6 Å². The van der Waals surface area contributed by atoms with Crippen molar-refractivity contribution >= 4 is 29.0 Å². The van der Waals surface area contributed by atoms with Gasteiger partial charge in [0.05, 0.1) is 11.8 Å². The Morgan fingerprint density at radius 1 is 1.29 bits per heavy atom. The van der Waals surface area contributed by atoms with E-state index in [4.69, 9.17) is 11.6 Å². The molecular formula is C19H18ClFN6O. The fraction of sp³-hybridized carbons (Fsp3) is 0.368. The van der Waals surface area contributed by atoms with Gasteiger partial charge in [0.2, 0.25) is 5.28 Å². The monoisotopic (exact) mass is 400 g/mol. The number of amides is 1. The molecule has 1 saturated heterocycles. The highest BCUT2D eigenvalue weighted by atomic mass is 35.5. The zero-order valence-corrected chi connectivity index (χ0v) is 15.7. The van der Waals surface area contributed by atoms with Crippen molar-refractivity contribution in [2.45, 2.75) is 6.42 Å². The number of imidazole rings is 1. The largest absolute Gasteiger partial charge is 0.353 e. The maximum atomic E-state index is 13.9. The van der Waals surface area contributed by atoms with Gasteiger partial charge in [0.15, 0.2) is 11.6 Å². The lowest BCUT2D eigenvalue weighted by Crippen LogP contribution is -2.28. The molecule has 3 aromatic rings. The predicted molar refractivity (Wildman–Crippen MR) is 102 cm³/mol. The second-order valence-corrected chi connectivity index (χ2v) is 7.70. The van der Waals surface area contributed by atoms with E-state index in [1.165, 1.54) is 0 Å². The lowest BCUT2D eigenvalue weighted by Gasteiger charge is -2.21. The lowest BCUT2D eigenvalue weighted by atomic mass is 10.2. The lowest BCUT2D eigenvalue weighted by molar-refractivity contribution is 0.0952. The van der Waals surface area contributed by atoms with Crippen LogP contribution in [0.1, 0.15) is 16.8 Å². The molecular weight excluding hydrogens is 383 g/mol. The Balaban J connectivity index is 1.12. The molecule has 28 heavy (non-hydrogen) atoms. The molecule has 1 saturated carbocycles. The van der Waals surface area contributed by atoms with Crippen LogP contribution in [0, 0.1) is 23.6 Å². The van der Waals surface area contributed by atoms with Crippen LogP contribution in [0.2, 0.25) is 5.28 Å². The topological polar surface area (TPSA) is 75.4 Å². The van der Waals surface area contributed by atoms with Crippen LogP contribution in [0.4, 0.5) is 10.2 Å². The highest BCUT2D eigenvalue weighted by Gasteiger charge is 2.55. The highest BCUT2D eigenvalue weighted by molar-refractivity contribution is 6.28. The van der Waals surface area contributed by atoms with Gasteiger partial charge >= 0.3 is 0 Å². The van der Waals surface area contributed by atoms with Crippen molar-refractivity contribution in [3.05, 3.63) is 53.6 Å². The number of fused-ring (bicyclic) bond motifs is 2. The number of nitrogens with zero attached hydrogens (tertiary/aromatic N) is 5. The third kappa shape index (κ3) is 3.07. The van der Waals surface area contributed by atoms with E-state index in [1.807, 2.05) is 21.6 Å². The van der Waals surface area contributed by atoms with E-state index in [2.05, 4.69) is 20.3 Å². The number of carbonyl (C=O) groups is 1. The molecule has 1 amide bonds. The Bertz CT molecular complexity index is 1040. The van der Waals surface area contributed by atoms with Crippen LogP contribution < -0.4 is 10.2 Å². The van der Waals surface area contributed by atoms with E-state index in [1.54, 1.807) is 18.5 Å². The minimum Gasteiger partial charge on any atom is -0.353 e. The van der Waals surface area contributed by atoms with Crippen LogP contribution in [-0.4, -0.2) is 44.9 Å². The summed E-state index contributed by atoms with van der Waals surface area (Å²) < 4.78 is 15.7. The molecule has 1 unspecified atom stereocenters. The Hall–Kier alpha value is -2.74. The number of anilines is 1. The summed E-state index contributed by atoms with van der Waals surface area (Å²) in [5, 5.41) is 3.05. The molecule has 144 valence electrons. The van der Waals surface area contributed by atoms with E-state index in [9.17, 15) is 9.18 Å². The number of pyridine rings is 1. The first-order valence-corrected chi connectivity index (χ1v) is 9.62. The second kappa shape index (κ2) is 6.70. The summed E-state index contributed by atoms with van der Waals surface area (Å²) in [6.45, 7) is 2.17. The summed E-state index contributed by atoms with van der Waals surface area (Å²) in [5.74, 6) is 1.37. The molecule has 1 aliphatic carbocycles. The van der Waals surface area contributed by atoms with Crippen molar-refractivity contribution in [3.63, 3.8) is 0 Å². The molecule has 7 nitrogen and oxygen atoms in total. The average Bonchev–Trinajstić information content (AvgIpc) is 3.08. The summed E-state index contributed by atoms with van der Waals surface area (Å²) in [5.41, 5.74) is 1.43. The predicted octanol–water partition coefficient (Wildman–Crippen LogP) is 2.42. The maximum Gasteiger partial charge on any atom is 0.252 e. The number of hydrogen-bond acceptors (Lipinski definition) is 5. The van der Waals surface area contributed by atoms with Crippen molar-refractivity contribution in [1.29, 1.82) is 0 Å². The average molecular weight is 401 g/mol. The Morgan fingerprint density at radius 3 is 2.93 bits per heavy atom. The van der Waals surface area contributed by atoms with Crippen molar-refractivity contribution in [2.24, 2.45) is 17.8 Å². The van der Waals surface area contributed by atoms with E-state index in [-0.39, 0.29) is 17.0 Å². The number of piperidine rings is 1. The molecule has 1 N–H and O–H groups in total. The van der Waals surface area contributed by atoms with Crippen LogP contribution in [0.15, 0.2) is 36.9 Å². The fourth-order valence-corrected chi connectivity index (χ4v) is 4.45. The van der Waals surface area contributed by atoms with Crippen LogP contribution >= 0.6 is 11.6 Å². The molecule has 4 heterocycles. The number of rotatable bonds is 5. The molecule has 3 aromatic heterocycles. The van der Waals surface area contributed by atoms with Gasteiger partial charge in [-0.25, -0.2) is 14.4 Å². The summed E-state index contributed by atoms with van der Waals surface area (Å²) in [6, 6.07) is 3.61. The molecule has 0 spiro atoms. The second-order valence-electron chi connectivity index (χ2n) is 7.36. The smallest absolute Gasteiger partial charge is 0.252 e. The van der Waals surface area contributed by atoms with Gasteiger partial charge in [0, 0.05) is 38.2 Å². The van der Waals surface area contributed by atoms with Gasteiger partial charge in [0.25, 0.3) is 5.91 Å². The number of hydrogen-bond donors (Lipinski definition) is 1. The third-order valence-corrected chi connectivity index (χ3v) is 5.96. The minimum atomic E-state index is -0.440. The SMILES string of the molecule is O=C(NCCC1[C@H]2CN(c3nc(Cl)ncc3F)C[C@@H]12)c1ccc2nccn2c1. The van der Waals surface area contributed by atoms with Crippen molar-refractivity contribution in [3.8, 4) is 0 Å². The van der Waals surface area contributed by atoms with Crippen molar-refractivity contribution in [2.75, 3.05) is 24.5 Å². The first kappa shape index (κ1) is 17.4. The summed E-state index contributed by atoms with van der Waals surface area (Å²) in [4.78, 5) is 26.1. The zero-order valence-electron chi connectivity index (χ0n) is 14.9. The van der Waals surface area contributed by atoms with E-state index >= 15 is 0 Å². The Kier molecular flexibility index (Phi) is 4.16. The van der Waals surface area contributed by atoms with Gasteiger partial charge in [-0.15, -0.1) is 0 Å². The number of aromatic nitrogens is 4. The molecule has 3 atom stereocenters. The van der Waals surface area contributed by atoms with E-state index < -0.39 is 5.82 Å². The fourth-order valence-electron chi connectivity index (χ4n) is 4.32. The van der Waals surface area contributed by atoms with Gasteiger partial charge in [0.1, 0.15) is 5.65 Å². The van der Waals surface area contributed by atoms with Crippen LogP contribution in [0.3, 0.4) is 0 Å². The summed E-state index contributed by atoms with van der Waals surface area (Å²) in [6.07, 6.45) is 7.34. The zero-order chi connectivity index (χ0) is 19.3. The standard InChI is InChI=1S/C19H18ClFN6O/c20-19-24-7-15(21)17(25-19)27-9-13-12(14(13)10-27)3-4-23-18(28)11-1-2-16-22-5-6-26(16)8-11/h1-2,5-8,12-14H,3-4,9-10H2,(H,23,28)/t12?,13-,14+. The minimum absolute atomic E-state index is 0.0603. The van der Waals surface area contributed by atoms with Crippen LogP contribution in [0.5, 0.6) is 0 Å². The van der Waals surface area contributed by atoms with E-state index in [0.717, 1.165) is 31.4 Å². The van der Waals surface area contributed by atoms with Crippen LogP contribution in [-0.2, 0) is 0 Å². The van der Waals surface area contributed by atoms with E-state index in [0.29, 0.717) is 29.9 Å². The molecule has 5 rings (SSSR count). The molecule has 0 bridgehead atoms. The Labute approximate surface area is 165 Å². The summed E-state index contributed by atoms with van der Waals surface area (Å²) >= 11 is 5.79. The number of halogens is 2. The number of nitrogens with one attached hydrogen (secondary N) is 1. The molecule has 0 aromatic carbocycles. The molecule has 1 aliphatic heterocycles. The first-order chi connectivity index (χ1) is 13.6. The van der Waals surface area contributed by atoms with Crippen molar-refractivity contribution < 1.29 is 9.18 Å². The molecule has 0 radical (unpaired) electrons. The van der Waals surface area contributed by atoms with Gasteiger partial charge in [-0.3, -0.25) is 4.79 Å². The number of carbonyl (C=O) groups excluding carboxylic acids is 1. The quantitative estimate of drug-likeness (QED) is 0.666. The van der Waals surface area contributed by atoms with Gasteiger partial charge in [-0.1, -0.05) is 0 Å². The van der Waals surface area contributed by atoms with Gasteiger partial charge in [-0.2, -0.15) is 4.98 Å². The molecule has 2 aliphatic rings. The first-order valence-electron chi connectivity index (χ1n) is 9.24. The van der Waals surface area contributed by atoms with Gasteiger partial charge in [-0.05, 0) is 47.9 Å². The van der Waals surface area contributed by atoms with Crippen molar-refractivity contribution in [1.82, 2.24) is 24.7 Å². The highest BCUT2D eigenvalue weighted by Crippen LogP contribution is 2.54. The maximum absolute atomic E-state index is 13.9. The Morgan fingerprint density at radius 2 is 2.11 bits per heavy atom. The molecule has 2 fully saturated rings. The molecule has 9 heteroatoms. The summed E-state index contributed by atoms with van der Waals surface area (Å²) in [7, 11) is 0. The third-order valence-electron chi connectivity index (χ3n) is 5.78. The van der Waals surface area contributed by atoms with Crippen LogP contribution in [0.25, 0.3) is 5.65 Å². The normalized spacial score (nSPS) is 23.1.